The van der Waals surface area contributed by atoms with Crippen LogP contribution in [0.4, 0.5) is 0 Å². The van der Waals surface area contributed by atoms with E-state index in [0.717, 1.165) is 6.42 Å². The van der Waals surface area contributed by atoms with Gasteiger partial charge < -0.3 is 5.21 Å². The van der Waals surface area contributed by atoms with Crippen LogP contribution in [0.2, 0.25) is 0 Å². The van der Waals surface area contributed by atoms with Crippen molar-refractivity contribution in [2.45, 2.75) is 19.8 Å². The van der Waals surface area contributed by atoms with Gasteiger partial charge in [-0.2, -0.15) is 0 Å². The minimum Gasteiger partial charge on any atom is -0.379 e. The number of rotatable bonds is 3. The second-order valence-corrected chi connectivity index (χ2v) is 1.49. The van der Waals surface area contributed by atoms with Gasteiger partial charge in [-0.25, -0.2) is 0 Å². The van der Waals surface area contributed by atoms with Gasteiger partial charge in [-0.3, -0.25) is 10.1 Å². The quantitative estimate of drug-likeness (QED) is 0.371. The highest BCUT2D eigenvalue weighted by atomic mass is 16.6. The Morgan fingerprint density at radius 3 is 2.20 bits per heavy atom. The van der Waals surface area contributed by atoms with E-state index in [2.05, 4.69) is 0 Å². The van der Waals surface area contributed by atoms with Crippen LogP contribution < -0.4 is 0 Å². The molecule has 0 aliphatic heterocycles. The van der Waals surface area contributed by atoms with Crippen LogP contribution in [0, 0.1) is 15.0 Å². The first kappa shape index (κ1) is 11.6. The molecule has 6 heteroatoms. The predicted octanol–water partition coefficient (Wildman–Crippen LogP) is 1.21. The van der Waals surface area contributed by atoms with E-state index < -0.39 is 0 Å². The van der Waals surface area contributed by atoms with Crippen LogP contribution in [0.5, 0.6) is 0 Å². The molecule has 0 aromatic heterocycles. The van der Waals surface area contributed by atoms with Crippen LogP contribution >= 0.6 is 0 Å². The Morgan fingerprint density at radius 1 is 1.70 bits per heavy atom. The molecule has 0 aliphatic rings. The molecule has 0 heterocycles. The van der Waals surface area contributed by atoms with Gasteiger partial charge in [0.15, 0.2) is 5.34 Å². The Balaban J connectivity index is 0. The van der Waals surface area contributed by atoms with Crippen LogP contribution in [0.1, 0.15) is 19.8 Å². The van der Waals surface area contributed by atoms with E-state index in [-0.39, 0.29) is 11.5 Å². The summed E-state index contributed by atoms with van der Waals surface area (Å²) in [5, 5.41) is 17.5. The van der Waals surface area contributed by atoms with Crippen molar-refractivity contribution in [3.05, 3.63) is 15.0 Å². The maximum atomic E-state index is 9.56. The topological polar surface area (TPSA) is 92.8 Å². The molecule has 0 aromatic rings. The van der Waals surface area contributed by atoms with E-state index in [1.54, 1.807) is 0 Å². The lowest BCUT2D eigenvalue weighted by atomic mass is 10.3. The Kier molecular flexibility index (Phi) is 12.4. The van der Waals surface area contributed by atoms with Crippen molar-refractivity contribution in [3.63, 3.8) is 0 Å². The predicted molar refractivity (Wildman–Crippen MR) is 34.4 cm³/mol. The molecule has 60 valence electrons. The van der Waals surface area contributed by atoms with Crippen molar-refractivity contribution in [2.24, 2.45) is 5.34 Å². The zero-order valence-electron chi connectivity index (χ0n) is 5.69. The summed E-state index contributed by atoms with van der Waals surface area (Å²) in [6, 6.07) is 0. The molecule has 0 saturated carbocycles. The third-order valence-corrected chi connectivity index (χ3v) is 0.694. The second-order valence-electron chi connectivity index (χ2n) is 1.49. The zero-order valence-corrected chi connectivity index (χ0v) is 5.69. The number of hydrogen-bond donors (Lipinski definition) is 1. The van der Waals surface area contributed by atoms with Crippen molar-refractivity contribution >= 4 is 0 Å². The van der Waals surface area contributed by atoms with Gasteiger partial charge in [-0.15, -0.1) is 4.91 Å². The second kappa shape index (κ2) is 10.7. The molecule has 0 amide bonds. The maximum Gasteiger partial charge on any atom is 0.203 e. The van der Waals surface area contributed by atoms with E-state index in [1.807, 2.05) is 6.92 Å². The number of nitrogens with zero attached hydrogens (tertiary/aromatic N) is 2. The first-order valence-electron chi connectivity index (χ1n) is 2.77. The van der Waals surface area contributed by atoms with Gasteiger partial charge in [-0.05, 0) is 6.42 Å². The normalized spacial score (nSPS) is 7.30. The third-order valence-electron chi connectivity index (χ3n) is 0.694. The highest BCUT2D eigenvalue weighted by molar-refractivity contribution is 4.27. The molecule has 0 aromatic carbocycles. The molecule has 0 rings (SSSR count). The van der Waals surface area contributed by atoms with Crippen LogP contribution in [0.25, 0.3) is 0 Å². The Morgan fingerprint density at radius 2 is 2.10 bits per heavy atom. The summed E-state index contributed by atoms with van der Waals surface area (Å²) in [5.41, 5.74) is 0. The SMILES string of the molecule is CCCC[N+](=O)[O-].O=NO. The van der Waals surface area contributed by atoms with Crippen molar-refractivity contribution in [3.8, 4) is 0 Å². The summed E-state index contributed by atoms with van der Waals surface area (Å²) in [6.07, 6.45) is 1.61. The van der Waals surface area contributed by atoms with Gasteiger partial charge in [0.1, 0.15) is 0 Å². The summed E-state index contributed by atoms with van der Waals surface area (Å²) >= 11 is 0. The fraction of sp³-hybridized carbons (Fsp3) is 1.00. The zero-order chi connectivity index (χ0) is 8.41. The van der Waals surface area contributed by atoms with Crippen molar-refractivity contribution in [1.82, 2.24) is 0 Å². The molecule has 10 heavy (non-hydrogen) atoms. The highest BCUT2D eigenvalue weighted by Gasteiger charge is 1.90. The summed E-state index contributed by atoms with van der Waals surface area (Å²) in [7, 11) is 0. The summed E-state index contributed by atoms with van der Waals surface area (Å²) in [5.74, 6) is 0. The third kappa shape index (κ3) is 29.2. The van der Waals surface area contributed by atoms with Gasteiger partial charge in [0.25, 0.3) is 0 Å². The molecular weight excluding hydrogens is 140 g/mol. The molecule has 0 atom stereocenters. The number of hydrogen-bond acceptors (Lipinski definition) is 4. The maximum absolute atomic E-state index is 9.56. The fourth-order valence-corrected chi connectivity index (χ4v) is 0.287. The molecule has 0 saturated heterocycles. The fourth-order valence-electron chi connectivity index (χ4n) is 0.287. The van der Waals surface area contributed by atoms with Crippen LogP contribution in [0.3, 0.4) is 0 Å². The van der Waals surface area contributed by atoms with E-state index in [9.17, 15) is 10.1 Å². The van der Waals surface area contributed by atoms with Gasteiger partial charge >= 0.3 is 0 Å². The standard InChI is InChI=1S/C4H9NO2.HNO2/c1-2-3-4-5(6)7;2-1-3/h2-4H2,1H3;(H,2,3). The van der Waals surface area contributed by atoms with Crippen molar-refractivity contribution in [1.29, 1.82) is 0 Å². The van der Waals surface area contributed by atoms with E-state index in [4.69, 9.17) is 10.1 Å². The van der Waals surface area contributed by atoms with Crippen LogP contribution in [-0.2, 0) is 0 Å². The Hall–Kier alpha value is -1.20. The molecule has 1 N–H and O–H groups in total. The number of unbranched alkanes of at least 4 members (excludes halogenated alkanes) is 1. The average Bonchev–Trinajstić information content (AvgIpc) is 1.85. The first-order valence-corrected chi connectivity index (χ1v) is 2.77. The minimum atomic E-state index is -0.288. The summed E-state index contributed by atoms with van der Waals surface area (Å²) in [4.78, 5) is 17.4. The van der Waals surface area contributed by atoms with E-state index in [0.29, 0.717) is 6.42 Å². The summed E-state index contributed by atoms with van der Waals surface area (Å²) in [6.45, 7) is 2.06. The molecule has 6 nitrogen and oxygen atoms in total. The summed E-state index contributed by atoms with van der Waals surface area (Å²) < 4.78 is 0. The Labute approximate surface area is 57.9 Å². The molecule has 0 fully saturated rings. The minimum absolute atomic E-state index is 0.122. The molecule has 0 spiro atoms. The molecule has 0 unspecified atom stereocenters. The highest BCUT2D eigenvalue weighted by Crippen LogP contribution is 1.84. The van der Waals surface area contributed by atoms with Gasteiger partial charge in [0.2, 0.25) is 6.54 Å². The Bertz CT molecular complexity index is 95.3. The van der Waals surface area contributed by atoms with Gasteiger partial charge in [-0.1, -0.05) is 6.92 Å². The lowest BCUT2D eigenvalue weighted by Gasteiger charge is -1.84. The largest absolute Gasteiger partial charge is 0.379 e. The lowest BCUT2D eigenvalue weighted by molar-refractivity contribution is -0.480. The van der Waals surface area contributed by atoms with Crippen LogP contribution in [-0.4, -0.2) is 16.7 Å². The van der Waals surface area contributed by atoms with Gasteiger partial charge in [0.05, 0.1) is 0 Å². The van der Waals surface area contributed by atoms with E-state index in [1.165, 1.54) is 5.34 Å². The molecule has 0 radical (unpaired) electrons. The lowest BCUT2D eigenvalue weighted by Crippen LogP contribution is -1.98. The smallest absolute Gasteiger partial charge is 0.203 e. The first-order chi connectivity index (χ1) is 4.68. The van der Waals surface area contributed by atoms with Crippen molar-refractivity contribution in [2.75, 3.05) is 6.54 Å². The number of nitro groups is 1. The van der Waals surface area contributed by atoms with E-state index >= 15 is 0 Å². The van der Waals surface area contributed by atoms with Crippen molar-refractivity contribution < 1.29 is 10.1 Å². The average molecular weight is 150 g/mol. The molecule has 0 bridgehead atoms. The molecule has 0 aliphatic carbocycles. The van der Waals surface area contributed by atoms with Crippen LogP contribution in [0.15, 0.2) is 5.34 Å². The monoisotopic (exact) mass is 150 g/mol. The molecular formula is C4H10N2O4. The van der Waals surface area contributed by atoms with Gasteiger partial charge in [0, 0.05) is 11.3 Å².